The van der Waals surface area contributed by atoms with Crippen LogP contribution < -0.4 is 5.32 Å². The second-order valence-electron chi connectivity index (χ2n) is 4.49. The van der Waals surface area contributed by atoms with E-state index in [-0.39, 0.29) is 11.4 Å². The van der Waals surface area contributed by atoms with Crippen molar-refractivity contribution in [3.63, 3.8) is 0 Å². The van der Waals surface area contributed by atoms with Gasteiger partial charge in [-0.3, -0.25) is 4.79 Å². The standard InChI is InChI=1S/C15H14N2O3/c1-9-6-7-10(2)13(8-9)17-14(18)11-4-3-5-12(16-11)15(19)20/h3-8H,1-2H3,(H,17,18)(H,19,20). The van der Waals surface area contributed by atoms with E-state index < -0.39 is 11.9 Å². The van der Waals surface area contributed by atoms with E-state index in [1.54, 1.807) is 0 Å². The van der Waals surface area contributed by atoms with E-state index in [9.17, 15) is 9.59 Å². The van der Waals surface area contributed by atoms with Gasteiger partial charge in [-0.2, -0.15) is 0 Å². The van der Waals surface area contributed by atoms with Crippen LogP contribution in [0.5, 0.6) is 0 Å². The molecule has 0 saturated carbocycles. The lowest BCUT2D eigenvalue weighted by molar-refractivity contribution is 0.0690. The molecule has 102 valence electrons. The summed E-state index contributed by atoms with van der Waals surface area (Å²) in [4.78, 5) is 26.7. The van der Waals surface area contributed by atoms with E-state index in [2.05, 4.69) is 10.3 Å². The van der Waals surface area contributed by atoms with Crippen LogP contribution in [0.1, 0.15) is 32.1 Å². The molecule has 5 heteroatoms. The number of aromatic carboxylic acids is 1. The number of rotatable bonds is 3. The summed E-state index contributed by atoms with van der Waals surface area (Å²) in [6.45, 7) is 3.81. The molecule has 1 amide bonds. The summed E-state index contributed by atoms with van der Waals surface area (Å²) in [7, 11) is 0. The number of aromatic nitrogens is 1. The van der Waals surface area contributed by atoms with Crippen molar-refractivity contribution in [1.82, 2.24) is 4.98 Å². The van der Waals surface area contributed by atoms with E-state index >= 15 is 0 Å². The van der Waals surface area contributed by atoms with Gasteiger partial charge in [-0.25, -0.2) is 9.78 Å². The van der Waals surface area contributed by atoms with Crippen LogP contribution >= 0.6 is 0 Å². The smallest absolute Gasteiger partial charge is 0.354 e. The average Bonchev–Trinajstić information content (AvgIpc) is 2.43. The minimum Gasteiger partial charge on any atom is -0.477 e. The number of carboxylic acids is 1. The highest BCUT2D eigenvalue weighted by atomic mass is 16.4. The average molecular weight is 270 g/mol. The Morgan fingerprint density at radius 1 is 1.10 bits per heavy atom. The van der Waals surface area contributed by atoms with Crippen molar-refractivity contribution in [2.75, 3.05) is 5.32 Å². The van der Waals surface area contributed by atoms with Crippen molar-refractivity contribution < 1.29 is 14.7 Å². The van der Waals surface area contributed by atoms with Gasteiger partial charge >= 0.3 is 5.97 Å². The quantitative estimate of drug-likeness (QED) is 0.898. The number of nitrogens with one attached hydrogen (secondary N) is 1. The second-order valence-corrected chi connectivity index (χ2v) is 4.49. The van der Waals surface area contributed by atoms with Crippen LogP contribution in [0.2, 0.25) is 0 Å². The lowest BCUT2D eigenvalue weighted by Crippen LogP contribution is -2.16. The molecule has 5 nitrogen and oxygen atoms in total. The van der Waals surface area contributed by atoms with Crippen molar-refractivity contribution in [2.24, 2.45) is 0 Å². The number of hydrogen-bond donors (Lipinski definition) is 2. The molecule has 2 rings (SSSR count). The molecule has 0 atom stereocenters. The lowest BCUT2D eigenvalue weighted by atomic mass is 10.1. The Hall–Kier alpha value is -2.69. The van der Waals surface area contributed by atoms with E-state index in [1.807, 2.05) is 32.0 Å². The first-order valence-corrected chi connectivity index (χ1v) is 6.06. The zero-order chi connectivity index (χ0) is 14.7. The third-order valence-corrected chi connectivity index (χ3v) is 2.84. The zero-order valence-electron chi connectivity index (χ0n) is 11.2. The summed E-state index contributed by atoms with van der Waals surface area (Å²) in [6, 6.07) is 10.0. The zero-order valence-corrected chi connectivity index (χ0v) is 11.2. The first kappa shape index (κ1) is 13.7. The first-order chi connectivity index (χ1) is 9.47. The summed E-state index contributed by atoms with van der Waals surface area (Å²) in [5, 5.41) is 11.6. The predicted molar refractivity (Wildman–Crippen MR) is 75.1 cm³/mol. The third-order valence-electron chi connectivity index (χ3n) is 2.84. The van der Waals surface area contributed by atoms with E-state index in [0.717, 1.165) is 11.1 Å². The summed E-state index contributed by atoms with van der Waals surface area (Å²) in [5.41, 5.74) is 2.57. The molecule has 0 saturated heterocycles. The highest BCUT2D eigenvalue weighted by Gasteiger charge is 2.12. The summed E-state index contributed by atoms with van der Waals surface area (Å²) >= 11 is 0. The fourth-order valence-electron chi connectivity index (χ4n) is 1.74. The number of carbonyl (C=O) groups is 2. The molecule has 1 heterocycles. The molecule has 1 aromatic heterocycles. The molecular formula is C15H14N2O3. The number of benzene rings is 1. The van der Waals surface area contributed by atoms with Crippen LogP contribution in [0, 0.1) is 13.8 Å². The number of pyridine rings is 1. The molecule has 0 radical (unpaired) electrons. The van der Waals surface area contributed by atoms with Crippen LogP contribution in [0.15, 0.2) is 36.4 Å². The molecule has 2 N–H and O–H groups in total. The van der Waals surface area contributed by atoms with Gasteiger partial charge in [0.05, 0.1) is 0 Å². The molecule has 0 spiro atoms. The normalized spacial score (nSPS) is 10.1. The predicted octanol–water partition coefficient (Wildman–Crippen LogP) is 2.65. The molecule has 0 aliphatic rings. The minimum atomic E-state index is -1.16. The Balaban J connectivity index is 2.26. The van der Waals surface area contributed by atoms with Crippen molar-refractivity contribution >= 4 is 17.6 Å². The van der Waals surface area contributed by atoms with Gasteiger partial charge in [0.25, 0.3) is 5.91 Å². The van der Waals surface area contributed by atoms with Gasteiger partial charge in [-0.1, -0.05) is 18.2 Å². The molecule has 0 aliphatic carbocycles. The molecule has 0 fully saturated rings. The Morgan fingerprint density at radius 3 is 2.50 bits per heavy atom. The molecule has 20 heavy (non-hydrogen) atoms. The van der Waals surface area contributed by atoms with Crippen molar-refractivity contribution in [2.45, 2.75) is 13.8 Å². The van der Waals surface area contributed by atoms with Crippen LogP contribution in [0.25, 0.3) is 0 Å². The van der Waals surface area contributed by atoms with Gasteiger partial charge < -0.3 is 10.4 Å². The Kier molecular flexibility index (Phi) is 3.79. The minimum absolute atomic E-state index is 0.0748. The van der Waals surface area contributed by atoms with Crippen LogP contribution in [0.4, 0.5) is 5.69 Å². The molecular weight excluding hydrogens is 256 g/mol. The van der Waals surface area contributed by atoms with E-state index in [1.165, 1.54) is 18.2 Å². The maximum atomic E-state index is 12.1. The van der Waals surface area contributed by atoms with E-state index in [0.29, 0.717) is 5.69 Å². The maximum Gasteiger partial charge on any atom is 0.354 e. The number of amides is 1. The summed E-state index contributed by atoms with van der Waals surface area (Å²) in [5.74, 6) is -1.59. The number of nitrogens with zero attached hydrogens (tertiary/aromatic N) is 1. The van der Waals surface area contributed by atoms with Crippen LogP contribution in [-0.4, -0.2) is 22.0 Å². The monoisotopic (exact) mass is 270 g/mol. The summed E-state index contributed by atoms with van der Waals surface area (Å²) in [6.07, 6.45) is 0. The second kappa shape index (κ2) is 5.52. The van der Waals surface area contributed by atoms with Crippen molar-refractivity contribution in [3.8, 4) is 0 Å². The Morgan fingerprint density at radius 2 is 1.80 bits per heavy atom. The lowest BCUT2D eigenvalue weighted by Gasteiger charge is -2.09. The fourth-order valence-corrected chi connectivity index (χ4v) is 1.74. The number of anilines is 1. The number of carbonyl (C=O) groups excluding carboxylic acids is 1. The molecule has 0 unspecified atom stereocenters. The first-order valence-electron chi connectivity index (χ1n) is 6.06. The molecule has 0 aliphatic heterocycles. The number of carboxylic acid groups (broad SMARTS) is 1. The van der Waals surface area contributed by atoms with Gasteiger partial charge in [-0.05, 0) is 43.2 Å². The largest absolute Gasteiger partial charge is 0.477 e. The fraction of sp³-hybridized carbons (Fsp3) is 0.133. The van der Waals surface area contributed by atoms with Gasteiger partial charge in [-0.15, -0.1) is 0 Å². The van der Waals surface area contributed by atoms with Gasteiger partial charge in [0.2, 0.25) is 0 Å². The summed E-state index contributed by atoms with van der Waals surface area (Å²) < 4.78 is 0. The molecule has 2 aromatic rings. The Labute approximate surface area is 116 Å². The van der Waals surface area contributed by atoms with Gasteiger partial charge in [0.1, 0.15) is 11.4 Å². The molecule has 1 aromatic carbocycles. The Bertz CT molecular complexity index is 681. The number of aryl methyl sites for hydroxylation is 2. The SMILES string of the molecule is Cc1ccc(C)c(NC(=O)c2cccc(C(=O)O)n2)c1. The number of hydrogen-bond acceptors (Lipinski definition) is 3. The third kappa shape index (κ3) is 3.00. The van der Waals surface area contributed by atoms with Crippen LogP contribution in [0.3, 0.4) is 0 Å². The van der Waals surface area contributed by atoms with Crippen LogP contribution in [-0.2, 0) is 0 Å². The van der Waals surface area contributed by atoms with E-state index in [4.69, 9.17) is 5.11 Å². The highest BCUT2D eigenvalue weighted by Crippen LogP contribution is 2.17. The molecule has 0 bridgehead atoms. The van der Waals surface area contributed by atoms with Crippen molar-refractivity contribution in [3.05, 3.63) is 58.9 Å². The van der Waals surface area contributed by atoms with Gasteiger partial charge in [0, 0.05) is 5.69 Å². The van der Waals surface area contributed by atoms with Crippen molar-refractivity contribution in [1.29, 1.82) is 0 Å². The highest BCUT2D eigenvalue weighted by molar-refractivity contribution is 6.03. The van der Waals surface area contributed by atoms with Gasteiger partial charge in [0.15, 0.2) is 0 Å². The maximum absolute atomic E-state index is 12.1. The topological polar surface area (TPSA) is 79.3 Å².